The van der Waals surface area contributed by atoms with Crippen molar-refractivity contribution in [2.45, 2.75) is 284 Å². The van der Waals surface area contributed by atoms with Crippen LogP contribution in [0, 0.1) is 0 Å². The topological polar surface area (TPSA) is 78.9 Å². The molecular weight excluding hydrogens is 853 g/mol. The van der Waals surface area contributed by atoms with Crippen LogP contribution in [0.3, 0.4) is 0 Å². The molecule has 69 heavy (non-hydrogen) atoms. The first-order valence-corrected chi connectivity index (χ1v) is 29.1. The van der Waals surface area contributed by atoms with Crippen LogP contribution >= 0.6 is 0 Å². The average Bonchev–Trinajstić information content (AvgIpc) is 3.35. The lowest BCUT2D eigenvalue weighted by Gasteiger charge is -2.18. The van der Waals surface area contributed by atoms with E-state index in [9.17, 15) is 14.4 Å². The van der Waals surface area contributed by atoms with Crippen LogP contribution in [0.1, 0.15) is 278 Å². The Bertz CT molecular complexity index is 1330. The highest BCUT2D eigenvalue weighted by Crippen LogP contribution is 2.15. The zero-order valence-corrected chi connectivity index (χ0v) is 45.3. The maximum absolute atomic E-state index is 12.8. The van der Waals surface area contributed by atoms with Gasteiger partial charge in [-0.05, 0) is 109 Å². The van der Waals surface area contributed by atoms with Gasteiger partial charge in [-0.1, -0.05) is 234 Å². The summed E-state index contributed by atoms with van der Waals surface area (Å²) >= 11 is 0. The summed E-state index contributed by atoms with van der Waals surface area (Å²) in [6.45, 7) is 6.47. The number of rotatable bonds is 52. The third-order valence-electron chi connectivity index (χ3n) is 12.4. The second-order valence-corrected chi connectivity index (χ2v) is 19.2. The molecule has 0 aromatic carbocycles. The molecule has 0 bridgehead atoms. The number of ether oxygens (including phenoxy) is 3. The van der Waals surface area contributed by atoms with Crippen LogP contribution in [0.25, 0.3) is 0 Å². The predicted octanol–water partition coefficient (Wildman–Crippen LogP) is 19.5. The van der Waals surface area contributed by atoms with Gasteiger partial charge in [-0.3, -0.25) is 14.4 Å². The van der Waals surface area contributed by atoms with Crippen molar-refractivity contribution < 1.29 is 28.6 Å². The Morgan fingerprint density at radius 1 is 0.304 bits per heavy atom. The normalized spacial score (nSPS) is 12.7. The molecule has 0 amide bonds. The van der Waals surface area contributed by atoms with Crippen LogP contribution < -0.4 is 0 Å². The van der Waals surface area contributed by atoms with Gasteiger partial charge in [0.05, 0.1) is 0 Å². The SMILES string of the molecule is CC/C=C\C/C=C\C/C=C\CCCCCCCC(=O)OC[C@H](COC(=O)CCCCCCCCCCC/C=C\CCCCCCCC)OC(=O)CCC/C=C\C/C=C\C/C=C\CCCCCCCC. The molecule has 1 atom stereocenters. The number of allylic oxidation sites excluding steroid dienone is 14. The first-order chi connectivity index (χ1) is 34.0. The molecule has 0 aliphatic heterocycles. The third kappa shape index (κ3) is 55.4. The number of esters is 3. The Kier molecular flexibility index (Phi) is 54.3. The molecule has 0 unspecified atom stereocenters. The summed E-state index contributed by atoms with van der Waals surface area (Å²) in [6.07, 6.45) is 74.4. The summed E-state index contributed by atoms with van der Waals surface area (Å²) in [5.41, 5.74) is 0. The Hall–Kier alpha value is -3.41. The molecule has 0 N–H and O–H groups in total. The molecule has 0 aromatic rings. The first-order valence-electron chi connectivity index (χ1n) is 29.1. The van der Waals surface area contributed by atoms with Crippen molar-refractivity contribution in [3.8, 4) is 0 Å². The minimum atomic E-state index is -0.812. The van der Waals surface area contributed by atoms with Crippen molar-refractivity contribution >= 4 is 17.9 Å². The summed E-state index contributed by atoms with van der Waals surface area (Å²) in [4.78, 5) is 38.1. The molecular formula is C63H108O6. The van der Waals surface area contributed by atoms with Crippen LogP contribution in [0.2, 0.25) is 0 Å². The molecule has 6 heteroatoms. The van der Waals surface area contributed by atoms with Crippen molar-refractivity contribution in [1.82, 2.24) is 0 Å². The van der Waals surface area contributed by atoms with E-state index in [1.54, 1.807) is 0 Å². The zero-order chi connectivity index (χ0) is 50.0. The van der Waals surface area contributed by atoms with Crippen LogP contribution in [0.4, 0.5) is 0 Å². The third-order valence-corrected chi connectivity index (χ3v) is 12.4. The minimum absolute atomic E-state index is 0.103. The van der Waals surface area contributed by atoms with Crippen LogP contribution in [-0.4, -0.2) is 37.2 Å². The van der Waals surface area contributed by atoms with E-state index in [1.807, 2.05) is 0 Å². The molecule has 0 aliphatic carbocycles. The van der Waals surface area contributed by atoms with Gasteiger partial charge in [-0.25, -0.2) is 0 Å². The van der Waals surface area contributed by atoms with Crippen LogP contribution in [0.5, 0.6) is 0 Å². The number of carbonyl (C=O) groups excluding carboxylic acids is 3. The van der Waals surface area contributed by atoms with Crippen LogP contribution in [0.15, 0.2) is 85.1 Å². The zero-order valence-electron chi connectivity index (χ0n) is 45.3. The Morgan fingerprint density at radius 2 is 0.580 bits per heavy atom. The quantitative estimate of drug-likeness (QED) is 0.0262. The minimum Gasteiger partial charge on any atom is -0.462 e. The van der Waals surface area contributed by atoms with E-state index in [0.717, 1.165) is 96.3 Å². The monoisotopic (exact) mass is 961 g/mol. The van der Waals surface area contributed by atoms with Crippen molar-refractivity contribution in [3.05, 3.63) is 85.1 Å². The summed E-state index contributed by atoms with van der Waals surface area (Å²) in [7, 11) is 0. The maximum atomic E-state index is 12.8. The second-order valence-electron chi connectivity index (χ2n) is 19.2. The van der Waals surface area contributed by atoms with E-state index in [-0.39, 0.29) is 37.5 Å². The van der Waals surface area contributed by atoms with Gasteiger partial charge in [0.2, 0.25) is 0 Å². The van der Waals surface area contributed by atoms with E-state index in [2.05, 4.69) is 106 Å². The van der Waals surface area contributed by atoms with Gasteiger partial charge in [0.1, 0.15) is 13.2 Å². The lowest BCUT2D eigenvalue weighted by Crippen LogP contribution is -2.30. The molecule has 0 heterocycles. The van der Waals surface area contributed by atoms with E-state index in [4.69, 9.17) is 14.2 Å². The highest BCUT2D eigenvalue weighted by atomic mass is 16.6. The number of unbranched alkanes of at least 4 members (excludes halogenated alkanes) is 27. The number of carbonyl (C=O) groups is 3. The van der Waals surface area contributed by atoms with Crippen LogP contribution in [-0.2, 0) is 28.6 Å². The fraction of sp³-hybridized carbons (Fsp3) is 0.730. The van der Waals surface area contributed by atoms with Crippen molar-refractivity contribution in [2.24, 2.45) is 0 Å². The highest BCUT2D eigenvalue weighted by molar-refractivity contribution is 5.71. The van der Waals surface area contributed by atoms with Gasteiger partial charge < -0.3 is 14.2 Å². The molecule has 0 spiro atoms. The van der Waals surface area contributed by atoms with E-state index >= 15 is 0 Å². The molecule has 396 valence electrons. The first kappa shape index (κ1) is 65.6. The van der Waals surface area contributed by atoms with E-state index in [1.165, 1.54) is 135 Å². The Balaban J connectivity index is 4.46. The van der Waals surface area contributed by atoms with Gasteiger partial charge in [0.25, 0.3) is 0 Å². The summed E-state index contributed by atoms with van der Waals surface area (Å²) in [5.74, 6) is -0.970. The van der Waals surface area contributed by atoms with Crippen molar-refractivity contribution in [3.63, 3.8) is 0 Å². The molecule has 0 fully saturated rings. The van der Waals surface area contributed by atoms with Gasteiger partial charge in [-0.2, -0.15) is 0 Å². The molecule has 0 rings (SSSR count). The van der Waals surface area contributed by atoms with Crippen molar-refractivity contribution in [1.29, 1.82) is 0 Å². The molecule has 0 aliphatic rings. The van der Waals surface area contributed by atoms with Gasteiger partial charge in [0.15, 0.2) is 6.10 Å². The second kappa shape index (κ2) is 57.2. The van der Waals surface area contributed by atoms with E-state index < -0.39 is 6.10 Å². The summed E-state index contributed by atoms with van der Waals surface area (Å²) < 4.78 is 16.8. The van der Waals surface area contributed by atoms with Gasteiger partial charge in [0, 0.05) is 19.3 Å². The maximum Gasteiger partial charge on any atom is 0.306 e. The van der Waals surface area contributed by atoms with E-state index in [0.29, 0.717) is 19.3 Å². The number of hydrogen-bond acceptors (Lipinski definition) is 6. The lowest BCUT2D eigenvalue weighted by molar-refractivity contribution is -0.167. The van der Waals surface area contributed by atoms with Gasteiger partial charge in [-0.15, -0.1) is 0 Å². The van der Waals surface area contributed by atoms with Crippen molar-refractivity contribution in [2.75, 3.05) is 13.2 Å². The standard InChI is InChI=1S/C63H108O6/c1-4-7-10-13-16-19-22-25-28-30-31-33-35-38-41-44-47-50-53-56-62(65)68-59-60(58-67-61(64)55-52-49-46-43-40-37-34-27-24-21-18-15-12-9-6-3)69-63(66)57-54-51-48-45-42-39-36-32-29-26-23-20-17-14-11-8-5-2/h9,12,18,21,25-29,34,36,39,45,48,60H,4-8,10-11,13-17,19-20,22-24,30-33,35,37-38,40-44,46-47,49-59H2,1-3H3/b12-9-,21-18-,28-25-,29-26-,34-27-,39-36-,48-45-/t60-/m1/s1. The molecule has 0 saturated carbocycles. The lowest BCUT2D eigenvalue weighted by atomic mass is 10.1. The molecule has 0 aromatic heterocycles. The summed E-state index contributed by atoms with van der Waals surface area (Å²) in [6, 6.07) is 0. The largest absolute Gasteiger partial charge is 0.462 e. The predicted molar refractivity (Wildman–Crippen MR) is 297 cm³/mol. The fourth-order valence-electron chi connectivity index (χ4n) is 8.00. The Morgan fingerprint density at radius 3 is 0.942 bits per heavy atom. The average molecular weight is 962 g/mol. The fourth-order valence-corrected chi connectivity index (χ4v) is 8.00. The number of hydrogen-bond donors (Lipinski definition) is 0. The smallest absolute Gasteiger partial charge is 0.306 e. The Labute approximate surface area is 426 Å². The highest BCUT2D eigenvalue weighted by Gasteiger charge is 2.19. The molecule has 0 radical (unpaired) electrons. The molecule has 6 nitrogen and oxygen atoms in total. The van der Waals surface area contributed by atoms with Gasteiger partial charge >= 0.3 is 17.9 Å². The molecule has 0 saturated heterocycles. The summed E-state index contributed by atoms with van der Waals surface area (Å²) in [5, 5.41) is 0.